The molecule has 0 saturated carbocycles. The fourth-order valence-corrected chi connectivity index (χ4v) is 9.15. The molecule has 282 valence electrons. The first-order valence-corrected chi connectivity index (χ1v) is 20.1. The molecule has 58 heavy (non-hydrogen) atoms. The summed E-state index contributed by atoms with van der Waals surface area (Å²) in [7, 11) is 0. The van der Waals surface area contributed by atoms with Crippen LogP contribution in [-0.4, -0.2) is 15.0 Å². The topological polar surface area (TPSA) is 41.9 Å². The highest BCUT2D eigenvalue weighted by Gasteiger charge is 2.29. The van der Waals surface area contributed by atoms with E-state index in [4.69, 9.17) is 15.0 Å². The van der Waals surface area contributed by atoms with Gasteiger partial charge in [-0.1, -0.05) is 163 Å². The van der Waals surface area contributed by atoms with Gasteiger partial charge in [-0.3, -0.25) is 4.90 Å². The van der Waals surface area contributed by atoms with Gasteiger partial charge in [0.15, 0.2) is 11.6 Å². The Hall–Kier alpha value is -6.91. The first-order chi connectivity index (χ1) is 28.2. The normalized spacial score (nSPS) is 11.4. The number of hydrogen-bond acceptors (Lipinski definition) is 4. The van der Waals surface area contributed by atoms with E-state index in [1.807, 2.05) is 36.4 Å². The fraction of sp³-hybridized carbons (Fsp3) is 0.130. The summed E-state index contributed by atoms with van der Waals surface area (Å²) in [6.45, 7) is 13.5. The SMILES string of the molecule is Cc1cc(C)c(C(c2c(C)cc(C)cc2C)c2ccc(N(c3nc(-c4ccccc4)nc(-c4ccccc4)n3)c3cccc4ccccc34)c3ccccc23)c(C)c1. The van der Waals surface area contributed by atoms with Crippen LogP contribution in [0.1, 0.15) is 56.0 Å². The molecular weight excluding hydrogens is 705 g/mol. The van der Waals surface area contributed by atoms with E-state index in [1.165, 1.54) is 55.5 Å². The summed E-state index contributed by atoms with van der Waals surface area (Å²) >= 11 is 0. The maximum Gasteiger partial charge on any atom is 0.238 e. The number of hydrogen-bond donors (Lipinski definition) is 0. The minimum Gasteiger partial charge on any atom is -0.278 e. The molecule has 0 saturated heterocycles. The van der Waals surface area contributed by atoms with Gasteiger partial charge in [-0.15, -0.1) is 0 Å². The zero-order valence-corrected chi connectivity index (χ0v) is 34.0. The van der Waals surface area contributed by atoms with Crippen LogP contribution < -0.4 is 4.90 Å². The molecular formula is C54H46N4. The molecule has 4 heteroatoms. The maximum absolute atomic E-state index is 5.32. The Kier molecular flexibility index (Phi) is 9.63. The van der Waals surface area contributed by atoms with Crippen LogP contribution >= 0.6 is 0 Å². The van der Waals surface area contributed by atoms with Crippen molar-refractivity contribution in [3.05, 3.63) is 214 Å². The highest BCUT2D eigenvalue weighted by atomic mass is 15.3. The number of benzene rings is 8. The van der Waals surface area contributed by atoms with Gasteiger partial charge in [-0.2, -0.15) is 9.97 Å². The minimum atomic E-state index is 0.0118. The van der Waals surface area contributed by atoms with Crippen LogP contribution in [-0.2, 0) is 0 Å². The third kappa shape index (κ3) is 6.71. The molecule has 1 heterocycles. The molecule has 0 bridgehead atoms. The number of anilines is 3. The summed E-state index contributed by atoms with van der Waals surface area (Å²) in [5.74, 6) is 1.80. The second kappa shape index (κ2) is 15.2. The van der Waals surface area contributed by atoms with Gasteiger partial charge in [0.25, 0.3) is 0 Å². The third-order valence-electron chi connectivity index (χ3n) is 11.4. The lowest BCUT2D eigenvalue weighted by molar-refractivity contribution is 0.927. The smallest absolute Gasteiger partial charge is 0.238 e. The molecule has 0 atom stereocenters. The summed E-state index contributed by atoms with van der Waals surface area (Å²) < 4.78 is 0. The van der Waals surface area contributed by atoms with Gasteiger partial charge < -0.3 is 0 Å². The van der Waals surface area contributed by atoms with Crippen molar-refractivity contribution >= 4 is 38.9 Å². The van der Waals surface area contributed by atoms with Crippen molar-refractivity contribution in [2.24, 2.45) is 0 Å². The first kappa shape index (κ1) is 36.7. The average molecular weight is 751 g/mol. The van der Waals surface area contributed by atoms with Gasteiger partial charge in [0.2, 0.25) is 5.95 Å². The minimum absolute atomic E-state index is 0.0118. The van der Waals surface area contributed by atoms with E-state index in [1.54, 1.807) is 0 Å². The molecule has 0 fully saturated rings. The first-order valence-electron chi connectivity index (χ1n) is 20.1. The lowest BCUT2D eigenvalue weighted by Crippen LogP contribution is -2.17. The summed E-state index contributed by atoms with van der Waals surface area (Å²) in [5, 5.41) is 4.55. The second-order valence-electron chi connectivity index (χ2n) is 15.6. The Balaban J connectivity index is 1.36. The molecule has 0 N–H and O–H groups in total. The fourth-order valence-electron chi connectivity index (χ4n) is 9.15. The standard InChI is InChI=1S/C54H46N4/c1-34-30-36(3)49(37(4)31-34)51(50-38(5)32-35(2)33-39(50)6)46-28-29-48(45-26-16-15-25-44(45)46)58(47-27-17-23-40-18-13-14-24-43(40)47)54-56-52(41-19-9-7-10-20-41)55-53(57-54)42-21-11-8-12-22-42/h7-33,51H,1-6H3. The van der Waals surface area contributed by atoms with Crippen LogP contribution in [0.2, 0.25) is 0 Å². The Labute approximate surface area is 341 Å². The van der Waals surface area contributed by atoms with Crippen LogP contribution in [0.25, 0.3) is 44.3 Å². The molecule has 8 aromatic carbocycles. The van der Waals surface area contributed by atoms with Crippen molar-refractivity contribution in [2.45, 2.75) is 47.5 Å². The highest BCUT2D eigenvalue weighted by molar-refractivity contribution is 6.05. The van der Waals surface area contributed by atoms with Crippen LogP contribution in [0.15, 0.2) is 164 Å². The summed E-state index contributed by atoms with van der Waals surface area (Å²) in [6, 6.07) is 58.3. The Morgan fingerprint density at radius 2 is 0.845 bits per heavy atom. The predicted molar refractivity (Wildman–Crippen MR) is 243 cm³/mol. The highest BCUT2D eigenvalue weighted by Crippen LogP contribution is 2.47. The van der Waals surface area contributed by atoms with Gasteiger partial charge in [-0.25, -0.2) is 4.98 Å². The van der Waals surface area contributed by atoms with Crippen molar-refractivity contribution in [3.63, 3.8) is 0 Å². The monoisotopic (exact) mass is 750 g/mol. The van der Waals surface area contributed by atoms with Gasteiger partial charge in [0, 0.05) is 27.8 Å². The van der Waals surface area contributed by atoms with E-state index in [0.29, 0.717) is 17.6 Å². The predicted octanol–water partition coefficient (Wildman–Crippen LogP) is 14.0. The molecule has 0 radical (unpaired) electrons. The molecule has 1 aromatic heterocycles. The lowest BCUT2D eigenvalue weighted by atomic mass is 9.75. The van der Waals surface area contributed by atoms with E-state index in [9.17, 15) is 0 Å². The molecule has 0 aliphatic heterocycles. The molecule has 0 aliphatic rings. The van der Waals surface area contributed by atoms with E-state index in [0.717, 1.165) is 38.7 Å². The Morgan fingerprint density at radius 1 is 0.397 bits per heavy atom. The zero-order valence-electron chi connectivity index (χ0n) is 34.0. The van der Waals surface area contributed by atoms with Crippen LogP contribution in [0.3, 0.4) is 0 Å². The molecule has 0 aliphatic carbocycles. The van der Waals surface area contributed by atoms with E-state index in [2.05, 4.69) is 174 Å². The van der Waals surface area contributed by atoms with Gasteiger partial charge >= 0.3 is 0 Å². The lowest BCUT2D eigenvalue weighted by Gasteiger charge is -2.30. The number of aryl methyl sites for hydroxylation is 6. The number of fused-ring (bicyclic) bond motifs is 2. The summed E-state index contributed by atoms with van der Waals surface area (Å²) in [5.41, 5.74) is 15.6. The largest absolute Gasteiger partial charge is 0.278 e. The molecule has 9 rings (SSSR count). The quantitative estimate of drug-likeness (QED) is 0.145. The van der Waals surface area contributed by atoms with Crippen molar-refractivity contribution in [3.8, 4) is 22.8 Å². The summed E-state index contributed by atoms with van der Waals surface area (Å²) in [4.78, 5) is 17.9. The second-order valence-corrected chi connectivity index (χ2v) is 15.6. The van der Waals surface area contributed by atoms with E-state index >= 15 is 0 Å². The van der Waals surface area contributed by atoms with Gasteiger partial charge in [-0.05, 0) is 103 Å². The van der Waals surface area contributed by atoms with E-state index < -0.39 is 0 Å². The zero-order chi connectivity index (χ0) is 39.9. The molecule has 0 amide bonds. The van der Waals surface area contributed by atoms with Crippen LogP contribution in [0, 0.1) is 41.5 Å². The number of rotatable bonds is 8. The third-order valence-corrected chi connectivity index (χ3v) is 11.4. The molecule has 4 nitrogen and oxygen atoms in total. The molecule has 9 aromatic rings. The Morgan fingerprint density at radius 3 is 1.40 bits per heavy atom. The maximum atomic E-state index is 5.32. The summed E-state index contributed by atoms with van der Waals surface area (Å²) in [6.07, 6.45) is 0. The van der Waals surface area contributed by atoms with Crippen LogP contribution in [0.4, 0.5) is 17.3 Å². The average Bonchev–Trinajstić information content (AvgIpc) is 3.23. The van der Waals surface area contributed by atoms with Crippen molar-refractivity contribution in [2.75, 3.05) is 4.90 Å². The van der Waals surface area contributed by atoms with Crippen molar-refractivity contribution in [1.29, 1.82) is 0 Å². The van der Waals surface area contributed by atoms with Gasteiger partial charge in [0.05, 0.1) is 11.4 Å². The Bertz CT molecular complexity index is 2800. The van der Waals surface area contributed by atoms with Crippen molar-refractivity contribution < 1.29 is 0 Å². The van der Waals surface area contributed by atoms with Gasteiger partial charge in [0.1, 0.15) is 0 Å². The van der Waals surface area contributed by atoms with Crippen LogP contribution in [0.5, 0.6) is 0 Å². The molecule has 0 spiro atoms. The van der Waals surface area contributed by atoms with Crippen molar-refractivity contribution in [1.82, 2.24) is 15.0 Å². The number of aromatic nitrogens is 3. The number of nitrogens with zero attached hydrogens (tertiary/aromatic N) is 4. The van der Waals surface area contributed by atoms with E-state index in [-0.39, 0.29) is 5.92 Å². The molecule has 0 unspecified atom stereocenters.